The maximum absolute atomic E-state index is 10.9. The average Bonchev–Trinajstić information content (AvgIpc) is 2.75. The Balaban J connectivity index is 1.43. The lowest BCUT2D eigenvalue weighted by Crippen LogP contribution is -2.29. The number of hydrogen-bond acceptors (Lipinski definition) is 7. The summed E-state index contributed by atoms with van der Waals surface area (Å²) < 4.78 is 0. The minimum absolute atomic E-state index is 0.0243. The van der Waals surface area contributed by atoms with Crippen LogP contribution < -0.4 is 15.5 Å². The van der Waals surface area contributed by atoms with Gasteiger partial charge in [-0.3, -0.25) is 10.1 Å². The van der Waals surface area contributed by atoms with Crippen molar-refractivity contribution >= 4 is 34.5 Å². The van der Waals surface area contributed by atoms with E-state index >= 15 is 0 Å². The predicted molar refractivity (Wildman–Crippen MR) is 114 cm³/mol. The van der Waals surface area contributed by atoms with Crippen molar-refractivity contribution in [1.82, 2.24) is 9.97 Å². The van der Waals surface area contributed by atoms with Crippen LogP contribution in [-0.4, -0.2) is 28.0 Å². The molecule has 1 saturated heterocycles. The summed E-state index contributed by atoms with van der Waals surface area (Å²) in [5.74, 6) is 0.999. The second kappa shape index (κ2) is 8.55. The molecular formula is C21H22N6O2. The van der Waals surface area contributed by atoms with Crippen molar-refractivity contribution in [3.8, 4) is 0 Å². The molecule has 2 N–H and O–H groups in total. The van der Waals surface area contributed by atoms with Crippen LogP contribution in [0.1, 0.15) is 19.3 Å². The monoisotopic (exact) mass is 390 g/mol. The summed E-state index contributed by atoms with van der Waals surface area (Å²) in [6.07, 6.45) is 5.45. The number of nitrogens with one attached hydrogen (secondary N) is 2. The van der Waals surface area contributed by atoms with E-state index in [0.29, 0.717) is 17.5 Å². The predicted octanol–water partition coefficient (Wildman–Crippen LogP) is 4.86. The SMILES string of the molecule is O=[N+]([O-])c1cccc(Nc2ccnc(Nc3ccc(N4CCCCC4)cc3)n2)c1. The summed E-state index contributed by atoms with van der Waals surface area (Å²) in [6, 6.07) is 16.3. The molecule has 0 saturated carbocycles. The van der Waals surface area contributed by atoms with Gasteiger partial charge in [0.25, 0.3) is 5.69 Å². The fraction of sp³-hybridized carbons (Fsp3) is 0.238. The molecule has 2 heterocycles. The van der Waals surface area contributed by atoms with Gasteiger partial charge < -0.3 is 15.5 Å². The summed E-state index contributed by atoms with van der Waals surface area (Å²) in [7, 11) is 0. The van der Waals surface area contributed by atoms with Crippen LogP contribution in [0.4, 0.5) is 34.5 Å². The lowest BCUT2D eigenvalue weighted by atomic mass is 10.1. The van der Waals surface area contributed by atoms with Crippen LogP contribution in [0.15, 0.2) is 60.8 Å². The highest BCUT2D eigenvalue weighted by Crippen LogP contribution is 2.24. The van der Waals surface area contributed by atoms with Crippen LogP contribution in [0.3, 0.4) is 0 Å². The van der Waals surface area contributed by atoms with Crippen LogP contribution in [0.2, 0.25) is 0 Å². The molecule has 0 aliphatic carbocycles. The Labute approximate surface area is 168 Å². The summed E-state index contributed by atoms with van der Waals surface area (Å²) in [6.45, 7) is 2.22. The van der Waals surface area contributed by atoms with Crippen molar-refractivity contribution in [3.05, 3.63) is 70.9 Å². The molecule has 0 bridgehead atoms. The molecular weight excluding hydrogens is 368 g/mol. The smallest absolute Gasteiger partial charge is 0.271 e. The first kappa shape index (κ1) is 18.7. The van der Waals surface area contributed by atoms with Crippen molar-refractivity contribution < 1.29 is 4.92 Å². The third-order valence-corrected chi connectivity index (χ3v) is 4.83. The zero-order valence-electron chi connectivity index (χ0n) is 15.9. The van der Waals surface area contributed by atoms with Crippen LogP contribution in [0, 0.1) is 10.1 Å². The Morgan fingerprint density at radius 3 is 2.48 bits per heavy atom. The molecule has 1 aromatic heterocycles. The van der Waals surface area contributed by atoms with Crippen molar-refractivity contribution in [2.24, 2.45) is 0 Å². The number of piperidine rings is 1. The van der Waals surface area contributed by atoms with Crippen LogP contribution in [0.25, 0.3) is 0 Å². The standard InChI is InChI=1S/C21H22N6O2/c28-27(29)19-6-4-5-17(15-19)23-20-11-12-22-21(25-20)24-16-7-9-18(10-8-16)26-13-2-1-3-14-26/h4-12,15H,1-3,13-14H2,(H2,22,23,24,25). The van der Waals surface area contributed by atoms with E-state index in [0.717, 1.165) is 18.8 Å². The number of nitro benzene ring substituents is 1. The van der Waals surface area contributed by atoms with Gasteiger partial charge in [-0.15, -0.1) is 0 Å². The number of benzene rings is 2. The quantitative estimate of drug-likeness (QED) is 0.458. The minimum atomic E-state index is -0.425. The lowest BCUT2D eigenvalue weighted by Gasteiger charge is -2.28. The summed E-state index contributed by atoms with van der Waals surface area (Å²) >= 11 is 0. The molecule has 29 heavy (non-hydrogen) atoms. The third-order valence-electron chi connectivity index (χ3n) is 4.83. The van der Waals surface area contributed by atoms with Crippen LogP contribution in [-0.2, 0) is 0 Å². The van der Waals surface area contributed by atoms with Crippen molar-refractivity contribution in [1.29, 1.82) is 0 Å². The maximum Gasteiger partial charge on any atom is 0.271 e. The van der Waals surface area contributed by atoms with Gasteiger partial charge in [-0.25, -0.2) is 4.98 Å². The maximum atomic E-state index is 10.9. The fourth-order valence-corrected chi connectivity index (χ4v) is 3.37. The highest BCUT2D eigenvalue weighted by Gasteiger charge is 2.11. The number of rotatable bonds is 6. The van der Waals surface area contributed by atoms with Crippen molar-refractivity contribution in [2.45, 2.75) is 19.3 Å². The van der Waals surface area contributed by atoms with Gasteiger partial charge in [-0.1, -0.05) is 6.07 Å². The van der Waals surface area contributed by atoms with E-state index in [1.807, 2.05) is 12.1 Å². The van der Waals surface area contributed by atoms with Crippen molar-refractivity contribution in [3.63, 3.8) is 0 Å². The first-order valence-corrected chi connectivity index (χ1v) is 9.64. The zero-order valence-corrected chi connectivity index (χ0v) is 15.9. The molecule has 8 heteroatoms. The first-order chi connectivity index (χ1) is 14.2. The van der Waals surface area contributed by atoms with E-state index in [9.17, 15) is 10.1 Å². The Morgan fingerprint density at radius 2 is 1.72 bits per heavy atom. The topological polar surface area (TPSA) is 96.2 Å². The number of nitrogens with zero attached hydrogens (tertiary/aromatic N) is 4. The third kappa shape index (κ3) is 4.78. The molecule has 0 spiro atoms. The highest BCUT2D eigenvalue weighted by atomic mass is 16.6. The fourth-order valence-electron chi connectivity index (χ4n) is 3.37. The largest absolute Gasteiger partial charge is 0.372 e. The van der Waals surface area contributed by atoms with Gasteiger partial charge in [-0.05, 0) is 55.7 Å². The molecule has 0 unspecified atom stereocenters. The molecule has 8 nitrogen and oxygen atoms in total. The van der Waals surface area contributed by atoms with E-state index in [-0.39, 0.29) is 5.69 Å². The highest BCUT2D eigenvalue weighted by molar-refractivity contribution is 5.63. The second-order valence-electron chi connectivity index (χ2n) is 6.92. The van der Waals surface area contributed by atoms with E-state index in [2.05, 4.69) is 37.6 Å². The molecule has 1 aliphatic heterocycles. The summed E-state index contributed by atoms with van der Waals surface area (Å²) in [5.41, 5.74) is 2.75. The molecule has 0 atom stereocenters. The van der Waals surface area contributed by atoms with Gasteiger partial charge in [-0.2, -0.15) is 4.98 Å². The van der Waals surface area contributed by atoms with Gasteiger partial charge in [0.15, 0.2) is 0 Å². The lowest BCUT2D eigenvalue weighted by molar-refractivity contribution is -0.384. The number of aromatic nitrogens is 2. The van der Waals surface area contributed by atoms with Gasteiger partial charge in [0.05, 0.1) is 4.92 Å². The van der Waals surface area contributed by atoms with Gasteiger partial charge in [0.2, 0.25) is 5.95 Å². The summed E-state index contributed by atoms with van der Waals surface area (Å²) in [4.78, 5) is 21.6. The van der Waals surface area contributed by atoms with E-state index in [4.69, 9.17) is 0 Å². The number of hydrogen-bond donors (Lipinski definition) is 2. The Hall–Kier alpha value is -3.68. The number of non-ortho nitro benzene ring substituents is 1. The second-order valence-corrected chi connectivity index (χ2v) is 6.92. The zero-order chi connectivity index (χ0) is 20.1. The van der Waals surface area contributed by atoms with Crippen LogP contribution in [0.5, 0.6) is 0 Å². The van der Waals surface area contributed by atoms with E-state index in [1.54, 1.807) is 24.4 Å². The molecule has 3 aromatic rings. The first-order valence-electron chi connectivity index (χ1n) is 9.64. The minimum Gasteiger partial charge on any atom is -0.372 e. The van der Waals surface area contributed by atoms with Gasteiger partial charge >= 0.3 is 0 Å². The van der Waals surface area contributed by atoms with Gasteiger partial charge in [0.1, 0.15) is 5.82 Å². The van der Waals surface area contributed by atoms with E-state index in [1.165, 1.54) is 37.1 Å². The number of anilines is 5. The van der Waals surface area contributed by atoms with Crippen molar-refractivity contribution in [2.75, 3.05) is 28.6 Å². The molecule has 148 valence electrons. The molecule has 1 aliphatic rings. The number of nitro groups is 1. The molecule has 0 amide bonds. The molecule has 0 radical (unpaired) electrons. The molecule has 1 fully saturated rings. The Morgan fingerprint density at radius 1 is 0.931 bits per heavy atom. The van der Waals surface area contributed by atoms with E-state index < -0.39 is 4.92 Å². The summed E-state index contributed by atoms with van der Waals surface area (Å²) in [5, 5.41) is 17.2. The Kier molecular flexibility index (Phi) is 5.51. The average molecular weight is 390 g/mol. The van der Waals surface area contributed by atoms with Crippen LogP contribution >= 0.6 is 0 Å². The van der Waals surface area contributed by atoms with Gasteiger partial charge in [0, 0.05) is 48.5 Å². The Bertz CT molecular complexity index is 986. The molecule has 2 aromatic carbocycles. The molecule has 4 rings (SSSR count). The normalized spacial score (nSPS) is 13.7.